The molecular weight excluding hydrogens is 236 g/mol. The van der Waals surface area contributed by atoms with Crippen molar-refractivity contribution in [2.24, 2.45) is 0 Å². The summed E-state index contributed by atoms with van der Waals surface area (Å²) in [5.41, 5.74) is 0.909. The van der Waals surface area contributed by atoms with E-state index in [0.29, 0.717) is 0 Å². The Kier molecular flexibility index (Phi) is 5.91. The van der Waals surface area contributed by atoms with Crippen molar-refractivity contribution in [3.05, 3.63) is 29.8 Å². The number of hydrogen-bond acceptors (Lipinski definition) is 4. The fourth-order valence-electron chi connectivity index (χ4n) is 1.57. The van der Waals surface area contributed by atoms with Gasteiger partial charge in [0.1, 0.15) is 11.9 Å². The zero-order valence-electron chi connectivity index (χ0n) is 9.93. The van der Waals surface area contributed by atoms with Gasteiger partial charge < -0.3 is 9.84 Å². The predicted molar refractivity (Wildman–Crippen MR) is 70.3 cm³/mol. The van der Waals surface area contributed by atoms with E-state index in [0.717, 1.165) is 24.8 Å². The Hall–Kier alpha value is -1.16. The van der Waals surface area contributed by atoms with Gasteiger partial charge in [-0.3, -0.25) is 4.79 Å². The van der Waals surface area contributed by atoms with Crippen LogP contribution in [0.15, 0.2) is 24.3 Å². The van der Waals surface area contributed by atoms with Crippen LogP contribution in [0.25, 0.3) is 0 Å². The van der Waals surface area contributed by atoms with Gasteiger partial charge in [0.15, 0.2) is 0 Å². The topological polar surface area (TPSA) is 46.5 Å². The van der Waals surface area contributed by atoms with Crippen LogP contribution in [0.5, 0.6) is 5.75 Å². The predicted octanol–water partition coefficient (Wildman–Crippen LogP) is 3.10. The number of thiol groups is 1. The number of phenolic OH excluding ortho intramolecular Hbond substituents is 1. The molecule has 0 amide bonds. The van der Waals surface area contributed by atoms with Gasteiger partial charge in [0.05, 0.1) is 5.75 Å². The monoisotopic (exact) mass is 254 g/mol. The van der Waals surface area contributed by atoms with Crippen LogP contribution < -0.4 is 0 Å². The minimum atomic E-state index is -0.317. The molecule has 1 rings (SSSR count). The lowest BCUT2D eigenvalue weighted by atomic mass is 10.0. The standard InChI is InChI=1S/C13H18O3S/c1-2-3-4-12(16-13(15)9-17)10-5-7-11(14)8-6-10/h5-8,12,14,17H,2-4,9H2,1H3. The first-order valence-corrected chi connectivity index (χ1v) is 6.40. The Morgan fingerprint density at radius 2 is 2.06 bits per heavy atom. The van der Waals surface area contributed by atoms with Crippen molar-refractivity contribution in [2.45, 2.75) is 32.3 Å². The van der Waals surface area contributed by atoms with Crippen LogP contribution in [0.4, 0.5) is 0 Å². The Bertz CT molecular complexity index is 348. The summed E-state index contributed by atoms with van der Waals surface area (Å²) in [6, 6.07) is 6.76. The largest absolute Gasteiger partial charge is 0.508 e. The number of unbranched alkanes of at least 4 members (excludes halogenated alkanes) is 1. The molecule has 0 fully saturated rings. The van der Waals surface area contributed by atoms with E-state index in [1.54, 1.807) is 24.3 Å². The maximum absolute atomic E-state index is 11.3. The molecule has 1 aromatic carbocycles. The van der Waals surface area contributed by atoms with Crippen molar-refractivity contribution in [1.82, 2.24) is 0 Å². The van der Waals surface area contributed by atoms with Gasteiger partial charge in [-0.05, 0) is 30.5 Å². The molecule has 0 aromatic heterocycles. The molecule has 4 heteroatoms. The fourth-order valence-corrected chi connectivity index (χ4v) is 1.64. The van der Waals surface area contributed by atoms with Crippen molar-refractivity contribution in [1.29, 1.82) is 0 Å². The zero-order chi connectivity index (χ0) is 12.7. The molecular formula is C13H18O3S. The third kappa shape index (κ3) is 4.69. The van der Waals surface area contributed by atoms with Crippen molar-refractivity contribution >= 4 is 18.6 Å². The van der Waals surface area contributed by atoms with Crippen LogP contribution in [0.1, 0.15) is 37.9 Å². The van der Waals surface area contributed by atoms with Crippen LogP contribution in [0, 0.1) is 0 Å². The third-order valence-electron chi connectivity index (χ3n) is 2.49. The highest BCUT2D eigenvalue weighted by molar-refractivity contribution is 7.81. The number of hydrogen-bond donors (Lipinski definition) is 2. The second-order valence-corrected chi connectivity index (χ2v) is 4.19. The Balaban J connectivity index is 2.74. The molecule has 0 saturated carbocycles. The van der Waals surface area contributed by atoms with E-state index in [9.17, 15) is 9.90 Å². The average molecular weight is 254 g/mol. The van der Waals surface area contributed by atoms with Crippen LogP contribution >= 0.6 is 12.6 Å². The lowest BCUT2D eigenvalue weighted by Crippen LogP contribution is -2.12. The number of aromatic hydroxyl groups is 1. The van der Waals surface area contributed by atoms with Crippen LogP contribution in [0.2, 0.25) is 0 Å². The van der Waals surface area contributed by atoms with E-state index in [1.807, 2.05) is 0 Å². The summed E-state index contributed by atoms with van der Waals surface area (Å²) in [5.74, 6) is -0.0215. The third-order valence-corrected chi connectivity index (χ3v) is 2.75. The molecule has 0 bridgehead atoms. The van der Waals surface area contributed by atoms with E-state index in [1.165, 1.54) is 0 Å². The van der Waals surface area contributed by atoms with Crippen LogP contribution in [-0.2, 0) is 9.53 Å². The maximum Gasteiger partial charge on any atom is 0.316 e. The summed E-state index contributed by atoms with van der Waals surface area (Å²) < 4.78 is 5.33. The molecule has 0 spiro atoms. The number of benzene rings is 1. The van der Waals surface area contributed by atoms with E-state index in [2.05, 4.69) is 19.6 Å². The fraction of sp³-hybridized carbons (Fsp3) is 0.462. The molecule has 0 heterocycles. The molecule has 1 aromatic rings. The number of rotatable bonds is 6. The quantitative estimate of drug-likeness (QED) is 0.605. The summed E-state index contributed by atoms with van der Waals surface area (Å²) in [5, 5.41) is 9.22. The highest BCUT2D eigenvalue weighted by Gasteiger charge is 2.15. The summed E-state index contributed by atoms with van der Waals surface area (Å²) in [4.78, 5) is 11.3. The highest BCUT2D eigenvalue weighted by Crippen LogP contribution is 2.25. The molecule has 0 aliphatic heterocycles. The minimum Gasteiger partial charge on any atom is -0.508 e. The molecule has 3 nitrogen and oxygen atoms in total. The molecule has 1 atom stereocenters. The lowest BCUT2D eigenvalue weighted by molar-refractivity contribution is -0.146. The van der Waals surface area contributed by atoms with Gasteiger partial charge in [0.2, 0.25) is 0 Å². The van der Waals surface area contributed by atoms with Crippen molar-refractivity contribution < 1.29 is 14.6 Å². The van der Waals surface area contributed by atoms with Crippen LogP contribution in [-0.4, -0.2) is 16.8 Å². The normalized spacial score (nSPS) is 12.1. The Morgan fingerprint density at radius 1 is 1.41 bits per heavy atom. The molecule has 17 heavy (non-hydrogen) atoms. The Labute approximate surface area is 107 Å². The van der Waals surface area contributed by atoms with E-state index >= 15 is 0 Å². The first-order valence-electron chi connectivity index (χ1n) is 5.76. The van der Waals surface area contributed by atoms with Crippen molar-refractivity contribution in [2.75, 3.05) is 5.75 Å². The zero-order valence-corrected chi connectivity index (χ0v) is 10.8. The highest BCUT2D eigenvalue weighted by atomic mass is 32.1. The number of esters is 1. The minimum absolute atomic E-state index is 0.0840. The number of carbonyl (C=O) groups excluding carboxylic acids is 1. The summed E-state index contributed by atoms with van der Waals surface area (Å²) in [6.45, 7) is 2.09. The molecule has 94 valence electrons. The van der Waals surface area contributed by atoms with E-state index in [4.69, 9.17) is 4.74 Å². The van der Waals surface area contributed by atoms with E-state index < -0.39 is 0 Å². The first-order chi connectivity index (χ1) is 8.17. The summed E-state index contributed by atoms with van der Waals surface area (Å²) in [6.07, 6.45) is 2.59. The second-order valence-electron chi connectivity index (χ2n) is 3.87. The van der Waals surface area contributed by atoms with Gasteiger partial charge in [-0.2, -0.15) is 12.6 Å². The molecule has 0 saturated heterocycles. The van der Waals surface area contributed by atoms with E-state index in [-0.39, 0.29) is 23.6 Å². The lowest BCUT2D eigenvalue weighted by Gasteiger charge is -2.17. The summed E-state index contributed by atoms with van der Waals surface area (Å²) >= 11 is 3.90. The number of phenols is 1. The molecule has 1 unspecified atom stereocenters. The maximum atomic E-state index is 11.3. The van der Waals surface area contributed by atoms with Gasteiger partial charge in [0, 0.05) is 0 Å². The van der Waals surface area contributed by atoms with Crippen molar-refractivity contribution in [3.63, 3.8) is 0 Å². The molecule has 0 radical (unpaired) electrons. The molecule has 0 aliphatic carbocycles. The van der Waals surface area contributed by atoms with Crippen molar-refractivity contribution in [3.8, 4) is 5.75 Å². The SMILES string of the molecule is CCCCC(OC(=O)CS)c1ccc(O)cc1. The average Bonchev–Trinajstić information content (AvgIpc) is 2.35. The smallest absolute Gasteiger partial charge is 0.316 e. The van der Waals surface area contributed by atoms with Gasteiger partial charge in [0.25, 0.3) is 0 Å². The summed E-state index contributed by atoms with van der Waals surface area (Å²) in [7, 11) is 0. The van der Waals surface area contributed by atoms with Gasteiger partial charge >= 0.3 is 5.97 Å². The first kappa shape index (κ1) is 13.9. The Morgan fingerprint density at radius 3 is 2.59 bits per heavy atom. The molecule has 1 N–H and O–H groups in total. The van der Waals surface area contributed by atoms with Gasteiger partial charge in [-0.15, -0.1) is 0 Å². The van der Waals surface area contributed by atoms with Crippen LogP contribution in [0.3, 0.4) is 0 Å². The van der Waals surface area contributed by atoms with Gasteiger partial charge in [-0.1, -0.05) is 25.5 Å². The number of carbonyl (C=O) groups is 1. The second kappa shape index (κ2) is 7.22. The number of ether oxygens (including phenoxy) is 1. The molecule has 0 aliphatic rings. The van der Waals surface area contributed by atoms with Gasteiger partial charge in [-0.25, -0.2) is 0 Å².